The Morgan fingerprint density at radius 1 is 1.03 bits per heavy atom. The number of hydrogen-bond donors (Lipinski definition) is 3. The zero-order valence-corrected chi connectivity index (χ0v) is 22.6. The van der Waals surface area contributed by atoms with Gasteiger partial charge < -0.3 is 15.8 Å². The number of H-pyrrole nitrogens is 1. The molecule has 2 aromatic carbocycles. The highest BCUT2D eigenvalue weighted by Crippen LogP contribution is 2.37. The third-order valence-corrected chi connectivity index (χ3v) is 10.2. The second-order valence-electron chi connectivity index (χ2n) is 10.6. The van der Waals surface area contributed by atoms with Gasteiger partial charge in [0.05, 0.1) is 23.4 Å². The summed E-state index contributed by atoms with van der Waals surface area (Å²) in [5.41, 5.74) is 9.99. The molecule has 2 fully saturated rings. The summed E-state index contributed by atoms with van der Waals surface area (Å²) in [6.45, 7) is 2.77. The minimum Gasteiger partial charge on any atom is -0.395 e. The van der Waals surface area contributed by atoms with E-state index in [1.807, 2.05) is 42.6 Å². The first-order valence-corrected chi connectivity index (χ1v) is 15.3. The lowest BCUT2D eigenvalue weighted by Crippen LogP contribution is -2.43. The summed E-state index contributed by atoms with van der Waals surface area (Å²) in [6.07, 6.45) is 7.22. The van der Waals surface area contributed by atoms with Crippen LogP contribution in [0.3, 0.4) is 0 Å². The van der Waals surface area contributed by atoms with Crippen molar-refractivity contribution < 1.29 is 18.3 Å². The summed E-state index contributed by atoms with van der Waals surface area (Å²) < 4.78 is 27.9. The molecule has 4 N–H and O–H groups in total. The number of primary amides is 1. The van der Waals surface area contributed by atoms with Crippen molar-refractivity contribution in [3.05, 3.63) is 59.8 Å². The Morgan fingerprint density at radius 2 is 1.79 bits per heavy atom. The van der Waals surface area contributed by atoms with Crippen molar-refractivity contribution in [3.63, 3.8) is 0 Å². The van der Waals surface area contributed by atoms with E-state index in [-0.39, 0.29) is 24.3 Å². The minimum atomic E-state index is -3.33. The third kappa shape index (κ3) is 5.66. The number of aromatic nitrogens is 1. The summed E-state index contributed by atoms with van der Waals surface area (Å²) in [4.78, 5) is 17.8. The molecule has 1 amide bonds. The number of rotatable bonds is 9. The van der Waals surface area contributed by atoms with E-state index in [9.17, 15) is 18.3 Å². The topological polar surface area (TPSA) is 120 Å². The van der Waals surface area contributed by atoms with E-state index < -0.39 is 15.9 Å². The van der Waals surface area contributed by atoms with Gasteiger partial charge in [-0.1, -0.05) is 36.8 Å². The Balaban J connectivity index is 1.27. The molecule has 2 aliphatic heterocycles. The number of aliphatic hydroxyl groups is 1. The fourth-order valence-electron chi connectivity index (χ4n) is 6.17. The van der Waals surface area contributed by atoms with Crippen LogP contribution in [0.5, 0.6) is 0 Å². The Kier molecular flexibility index (Phi) is 8.18. The summed E-state index contributed by atoms with van der Waals surface area (Å²) >= 11 is 0. The maximum Gasteiger partial charge on any atom is 0.250 e. The number of sulfonamides is 1. The van der Waals surface area contributed by atoms with Gasteiger partial charge in [0.1, 0.15) is 0 Å². The van der Waals surface area contributed by atoms with Gasteiger partial charge in [-0.25, -0.2) is 12.7 Å². The van der Waals surface area contributed by atoms with Gasteiger partial charge in [0.2, 0.25) is 10.0 Å². The van der Waals surface area contributed by atoms with Gasteiger partial charge in [0.15, 0.2) is 0 Å². The predicted molar refractivity (Wildman–Crippen MR) is 151 cm³/mol. The molecule has 0 bridgehead atoms. The van der Waals surface area contributed by atoms with E-state index in [0.29, 0.717) is 31.6 Å². The van der Waals surface area contributed by atoms with Crippen LogP contribution in [0.25, 0.3) is 22.0 Å². The SMILES string of the molecule is NC(=O)c1cc(-c2ccccc2)cc2c(C3CCN(S(=O)(=O)CCCN4CCCCC4CO)CC3)c[nH]c12. The van der Waals surface area contributed by atoms with Gasteiger partial charge in [-0.3, -0.25) is 9.69 Å². The average molecular weight is 539 g/mol. The number of benzene rings is 2. The molecule has 0 aliphatic carbocycles. The summed E-state index contributed by atoms with van der Waals surface area (Å²) in [5.74, 6) is -0.139. The zero-order valence-electron chi connectivity index (χ0n) is 21.8. The van der Waals surface area contributed by atoms with Gasteiger partial charge >= 0.3 is 0 Å². The molecule has 5 rings (SSSR count). The molecule has 1 unspecified atom stereocenters. The van der Waals surface area contributed by atoms with E-state index in [1.54, 1.807) is 4.31 Å². The first-order valence-electron chi connectivity index (χ1n) is 13.7. The summed E-state index contributed by atoms with van der Waals surface area (Å²) in [7, 11) is -3.33. The minimum absolute atomic E-state index is 0.141. The van der Waals surface area contributed by atoms with Crippen molar-refractivity contribution in [1.82, 2.24) is 14.2 Å². The van der Waals surface area contributed by atoms with Crippen LogP contribution in [0.1, 0.15) is 60.4 Å². The number of fused-ring (bicyclic) bond motifs is 1. The maximum absolute atomic E-state index is 13.1. The Morgan fingerprint density at radius 3 is 2.50 bits per heavy atom. The standard InChI is InChI=1S/C29H38N4O4S/c30-29(35)26-18-23(21-7-2-1-3-8-21)17-25-27(19-31-28(25)26)22-10-14-33(15-11-22)38(36,37)16-6-13-32-12-5-4-9-24(32)20-34/h1-3,7-8,17-19,22,24,31,34H,4-6,9-16,20H2,(H2,30,35). The smallest absolute Gasteiger partial charge is 0.250 e. The van der Waals surface area contributed by atoms with E-state index >= 15 is 0 Å². The molecule has 3 aromatic rings. The van der Waals surface area contributed by atoms with E-state index in [1.165, 1.54) is 0 Å². The predicted octanol–water partition coefficient (Wildman–Crippen LogP) is 3.68. The fourth-order valence-corrected chi connectivity index (χ4v) is 7.69. The van der Waals surface area contributed by atoms with Crippen LogP contribution >= 0.6 is 0 Å². The monoisotopic (exact) mass is 538 g/mol. The first kappa shape index (κ1) is 26.9. The number of carbonyl (C=O) groups excluding carboxylic acids is 1. The quantitative estimate of drug-likeness (QED) is 0.384. The molecule has 1 atom stereocenters. The van der Waals surface area contributed by atoms with E-state index in [0.717, 1.165) is 66.2 Å². The molecular formula is C29H38N4O4S. The van der Waals surface area contributed by atoms with E-state index in [2.05, 4.69) is 16.0 Å². The molecule has 38 heavy (non-hydrogen) atoms. The molecule has 2 aliphatic rings. The third-order valence-electron chi connectivity index (χ3n) is 8.29. The maximum atomic E-state index is 13.1. The largest absolute Gasteiger partial charge is 0.395 e. The Bertz CT molecular complexity index is 1360. The van der Waals surface area contributed by atoms with Crippen molar-refractivity contribution in [1.29, 1.82) is 0 Å². The highest BCUT2D eigenvalue weighted by Gasteiger charge is 2.30. The number of likely N-dealkylation sites (tertiary alicyclic amines) is 1. The van der Waals surface area contributed by atoms with Crippen molar-refractivity contribution in [2.75, 3.05) is 38.5 Å². The molecule has 8 nitrogen and oxygen atoms in total. The van der Waals surface area contributed by atoms with Gasteiger partial charge in [-0.15, -0.1) is 0 Å². The molecule has 0 radical (unpaired) electrons. The lowest BCUT2D eigenvalue weighted by Gasteiger charge is -2.35. The molecule has 1 aromatic heterocycles. The van der Waals surface area contributed by atoms with Gasteiger partial charge in [-0.2, -0.15) is 0 Å². The van der Waals surface area contributed by atoms with Crippen LogP contribution in [0.2, 0.25) is 0 Å². The normalized spacial score (nSPS) is 20.2. The lowest BCUT2D eigenvalue weighted by atomic mass is 9.88. The number of nitrogens with zero attached hydrogens (tertiary/aromatic N) is 2. The number of aliphatic hydroxyl groups excluding tert-OH is 1. The van der Waals surface area contributed by atoms with Gasteiger partial charge in [0, 0.05) is 30.7 Å². The van der Waals surface area contributed by atoms with Crippen LogP contribution in [0.15, 0.2) is 48.7 Å². The van der Waals surface area contributed by atoms with Crippen LogP contribution < -0.4 is 5.73 Å². The second-order valence-corrected chi connectivity index (χ2v) is 12.7. The lowest BCUT2D eigenvalue weighted by molar-refractivity contribution is 0.0905. The number of amides is 1. The number of nitrogens with one attached hydrogen (secondary N) is 1. The Labute approximate surface area is 224 Å². The van der Waals surface area contributed by atoms with Gasteiger partial charge in [0.25, 0.3) is 5.91 Å². The molecule has 2 saturated heterocycles. The fraction of sp³-hybridized carbons (Fsp3) is 0.483. The molecule has 3 heterocycles. The van der Waals surface area contributed by atoms with Gasteiger partial charge in [-0.05, 0) is 79.9 Å². The first-order chi connectivity index (χ1) is 18.4. The molecule has 0 saturated carbocycles. The van der Waals surface area contributed by atoms with Crippen molar-refractivity contribution in [2.45, 2.75) is 50.5 Å². The molecule has 204 valence electrons. The molecular weight excluding hydrogens is 500 g/mol. The number of aromatic amines is 1. The highest BCUT2D eigenvalue weighted by molar-refractivity contribution is 7.89. The molecule has 9 heteroatoms. The highest BCUT2D eigenvalue weighted by atomic mass is 32.2. The Hall–Kier alpha value is -2.72. The number of hydrogen-bond acceptors (Lipinski definition) is 5. The van der Waals surface area contributed by atoms with Crippen molar-refractivity contribution in [2.24, 2.45) is 5.73 Å². The van der Waals surface area contributed by atoms with E-state index in [4.69, 9.17) is 5.73 Å². The van der Waals surface area contributed by atoms with Crippen molar-refractivity contribution >= 4 is 26.8 Å². The summed E-state index contributed by atoms with van der Waals surface area (Å²) in [6, 6.07) is 14.0. The van der Waals surface area contributed by atoms with Crippen LogP contribution in [-0.4, -0.2) is 78.2 Å². The number of nitrogens with two attached hydrogens (primary N) is 1. The number of carbonyl (C=O) groups is 1. The second kappa shape index (κ2) is 11.6. The summed E-state index contributed by atoms with van der Waals surface area (Å²) in [5, 5.41) is 10.6. The van der Waals surface area contributed by atoms with Crippen LogP contribution in [0, 0.1) is 0 Å². The van der Waals surface area contributed by atoms with Crippen LogP contribution in [0.4, 0.5) is 0 Å². The zero-order chi connectivity index (χ0) is 26.7. The van der Waals surface area contributed by atoms with Crippen molar-refractivity contribution in [3.8, 4) is 11.1 Å². The number of piperidine rings is 2. The van der Waals surface area contributed by atoms with Crippen LogP contribution in [-0.2, 0) is 10.0 Å². The average Bonchev–Trinajstić information content (AvgIpc) is 3.37. The molecule has 0 spiro atoms.